The van der Waals surface area contributed by atoms with Gasteiger partial charge in [-0.05, 0) is 24.3 Å². The number of halogens is 1. The third kappa shape index (κ3) is 3.37. The summed E-state index contributed by atoms with van der Waals surface area (Å²) in [5, 5.41) is 9.76. The van der Waals surface area contributed by atoms with Gasteiger partial charge in [-0.15, -0.1) is 0 Å². The number of nitrogens with zero attached hydrogens (tertiary/aromatic N) is 3. The van der Waals surface area contributed by atoms with E-state index in [1.165, 1.54) is 6.07 Å². The van der Waals surface area contributed by atoms with Gasteiger partial charge in [-0.3, -0.25) is 9.59 Å². The van der Waals surface area contributed by atoms with Crippen molar-refractivity contribution >= 4 is 17.6 Å². The number of pyridine rings is 1. The number of hydrogen-bond acceptors (Lipinski definition) is 5. The molecule has 2 amide bonds. The van der Waals surface area contributed by atoms with Crippen molar-refractivity contribution in [2.45, 2.75) is 0 Å². The van der Waals surface area contributed by atoms with Crippen molar-refractivity contribution < 1.29 is 19.1 Å². The molecule has 1 aromatic heterocycles. The summed E-state index contributed by atoms with van der Waals surface area (Å²) < 4.78 is 13.1. The molecule has 2 heterocycles. The Bertz CT molecular complexity index is 819. The van der Waals surface area contributed by atoms with Crippen molar-refractivity contribution in [1.29, 1.82) is 0 Å². The van der Waals surface area contributed by atoms with Crippen molar-refractivity contribution in [3.8, 4) is 5.75 Å². The first-order chi connectivity index (χ1) is 12.0. The van der Waals surface area contributed by atoms with Crippen molar-refractivity contribution in [1.82, 2.24) is 9.88 Å². The lowest BCUT2D eigenvalue weighted by atomic mass is 10.1. The molecule has 0 spiro atoms. The van der Waals surface area contributed by atoms with Crippen LogP contribution in [0, 0.1) is 5.82 Å². The highest BCUT2D eigenvalue weighted by molar-refractivity contribution is 5.98. The van der Waals surface area contributed by atoms with E-state index in [2.05, 4.69) is 4.98 Å². The van der Waals surface area contributed by atoms with Gasteiger partial charge < -0.3 is 20.6 Å². The van der Waals surface area contributed by atoms with Gasteiger partial charge in [-0.2, -0.15) is 0 Å². The number of nitrogens with two attached hydrogens (primary N) is 1. The molecule has 1 fully saturated rings. The van der Waals surface area contributed by atoms with Gasteiger partial charge in [0.15, 0.2) is 0 Å². The van der Waals surface area contributed by atoms with Crippen molar-refractivity contribution in [3.05, 3.63) is 53.5 Å². The number of carbonyl (C=O) groups is 2. The van der Waals surface area contributed by atoms with Crippen molar-refractivity contribution in [2.75, 3.05) is 31.1 Å². The number of phenols is 1. The van der Waals surface area contributed by atoms with E-state index in [1.807, 2.05) is 4.90 Å². The van der Waals surface area contributed by atoms with Gasteiger partial charge in [-0.25, -0.2) is 9.37 Å². The topological polar surface area (TPSA) is 99.8 Å². The minimum absolute atomic E-state index is 0.0607. The summed E-state index contributed by atoms with van der Waals surface area (Å²) in [5.41, 5.74) is 5.77. The number of benzene rings is 1. The molecular formula is C17H17FN4O3. The number of piperazine rings is 1. The van der Waals surface area contributed by atoms with Crippen LogP contribution in [-0.2, 0) is 0 Å². The summed E-state index contributed by atoms with van der Waals surface area (Å²) in [5.74, 6) is -1.42. The second-order valence-electron chi connectivity index (χ2n) is 5.68. The number of amides is 2. The standard InChI is InChI=1S/C17H17FN4O3/c18-11-3-4-12(14(23)10-11)17(25)22-8-6-21(7-9-22)16-13(15(19)24)2-1-5-20-16/h1-5,10,23H,6-9H2,(H2,19,24). The molecule has 1 aliphatic rings. The fourth-order valence-electron chi connectivity index (χ4n) is 2.82. The zero-order valence-electron chi connectivity index (χ0n) is 13.4. The first kappa shape index (κ1) is 16.7. The van der Waals surface area contributed by atoms with Crippen LogP contribution < -0.4 is 10.6 Å². The molecule has 3 N–H and O–H groups in total. The fraction of sp³-hybridized carbons (Fsp3) is 0.235. The van der Waals surface area contributed by atoms with Gasteiger partial charge in [-0.1, -0.05) is 0 Å². The van der Waals surface area contributed by atoms with Gasteiger partial charge in [0.05, 0.1) is 11.1 Å². The quantitative estimate of drug-likeness (QED) is 0.865. The molecule has 1 aliphatic heterocycles. The van der Waals surface area contributed by atoms with E-state index in [9.17, 15) is 19.1 Å². The lowest BCUT2D eigenvalue weighted by Gasteiger charge is -2.36. The number of phenolic OH excluding ortho intramolecular Hbond substituents is 1. The highest BCUT2D eigenvalue weighted by atomic mass is 19.1. The highest BCUT2D eigenvalue weighted by Gasteiger charge is 2.26. The molecular weight excluding hydrogens is 327 g/mol. The van der Waals surface area contributed by atoms with E-state index in [0.29, 0.717) is 37.6 Å². The Kier molecular flexibility index (Phi) is 4.51. The van der Waals surface area contributed by atoms with Crippen LogP contribution in [0.2, 0.25) is 0 Å². The minimum Gasteiger partial charge on any atom is -0.507 e. The first-order valence-corrected chi connectivity index (χ1v) is 7.75. The largest absolute Gasteiger partial charge is 0.507 e. The lowest BCUT2D eigenvalue weighted by molar-refractivity contribution is 0.0742. The summed E-state index contributed by atoms with van der Waals surface area (Å²) in [6.45, 7) is 1.69. The van der Waals surface area contributed by atoms with E-state index >= 15 is 0 Å². The average Bonchev–Trinajstić information content (AvgIpc) is 2.61. The number of hydrogen-bond donors (Lipinski definition) is 2. The Hall–Kier alpha value is -3.16. The predicted molar refractivity (Wildman–Crippen MR) is 88.9 cm³/mol. The Morgan fingerprint density at radius 3 is 2.48 bits per heavy atom. The number of aromatic hydroxyl groups is 1. The zero-order valence-corrected chi connectivity index (χ0v) is 13.4. The number of anilines is 1. The molecule has 1 aromatic carbocycles. The number of carbonyl (C=O) groups excluding carboxylic acids is 2. The van der Waals surface area contributed by atoms with E-state index in [1.54, 1.807) is 23.2 Å². The fourth-order valence-corrected chi connectivity index (χ4v) is 2.82. The molecule has 0 unspecified atom stereocenters. The van der Waals surface area contributed by atoms with Crippen molar-refractivity contribution in [3.63, 3.8) is 0 Å². The molecule has 0 bridgehead atoms. The summed E-state index contributed by atoms with van der Waals surface area (Å²) in [6, 6.07) is 6.56. The summed E-state index contributed by atoms with van der Waals surface area (Å²) in [4.78, 5) is 31.7. The molecule has 130 valence electrons. The first-order valence-electron chi connectivity index (χ1n) is 7.75. The molecule has 0 atom stereocenters. The maximum Gasteiger partial charge on any atom is 0.257 e. The van der Waals surface area contributed by atoms with Crippen LogP contribution >= 0.6 is 0 Å². The number of rotatable bonds is 3. The van der Waals surface area contributed by atoms with Crippen molar-refractivity contribution in [2.24, 2.45) is 5.73 Å². The zero-order chi connectivity index (χ0) is 18.0. The van der Waals surface area contributed by atoms with Crippen LogP contribution in [0.5, 0.6) is 5.75 Å². The van der Waals surface area contributed by atoms with Gasteiger partial charge >= 0.3 is 0 Å². The van der Waals surface area contributed by atoms with Gasteiger partial charge in [0.25, 0.3) is 11.8 Å². The molecule has 3 rings (SSSR count). The van der Waals surface area contributed by atoms with Crippen LogP contribution in [0.25, 0.3) is 0 Å². The van der Waals surface area contributed by atoms with Gasteiger partial charge in [0.2, 0.25) is 0 Å². The summed E-state index contributed by atoms with van der Waals surface area (Å²) >= 11 is 0. The molecule has 2 aromatic rings. The van der Waals surface area contributed by atoms with Gasteiger partial charge in [0, 0.05) is 38.4 Å². The summed E-state index contributed by atoms with van der Waals surface area (Å²) in [7, 11) is 0. The number of primary amides is 1. The monoisotopic (exact) mass is 344 g/mol. The van der Waals surface area contributed by atoms with Gasteiger partial charge in [0.1, 0.15) is 17.4 Å². The van der Waals surface area contributed by atoms with E-state index in [-0.39, 0.29) is 17.2 Å². The Balaban J connectivity index is 1.72. The maximum absolute atomic E-state index is 13.1. The molecule has 7 nitrogen and oxygen atoms in total. The summed E-state index contributed by atoms with van der Waals surface area (Å²) in [6.07, 6.45) is 1.58. The molecule has 25 heavy (non-hydrogen) atoms. The lowest BCUT2D eigenvalue weighted by Crippen LogP contribution is -2.49. The van der Waals surface area contributed by atoms with E-state index in [0.717, 1.165) is 12.1 Å². The molecule has 8 heteroatoms. The normalized spacial score (nSPS) is 14.4. The smallest absolute Gasteiger partial charge is 0.257 e. The maximum atomic E-state index is 13.1. The second kappa shape index (κ2) is 6.76. The second-order valence-corrected chi connectivity index (χ2v) is 5.68. The van der Waals surface area contributed by atoms with Crippen LogP contribution in [0.3, 0.4) is 0 Å². The third-order valence-electron chi connectivity index (χ3n) is 4.11. The van der Waals surface area contributed by atoms with E-state index < -0.39 is 11.7 Å². The molecule has 0 aliphatic carbocycles. The van der Waals surface area contributed by atoms with Crippen LogP contribution in [0.4, 0.5) is 10.2 Å². The average molecular weight is 344 g/mol. The SMILES string of the molecule is NC(=O)c1cccnc1N1CCN(C(=O)c2ccc(F)cc2O)CC1. The minimum atomic E-state index is -0.604. The Morgan fingerprint density at radius 1 is 1.12 bits per heavy atom. The predicted octanol–water partition coefficient (Wildman–Crippen LogP) is 0.988. The molecule has 0 saturated carbocycles. The Morgan fingerprint density at radius 2 is 1.84 bits per heavy atom. The third-order valence-corrected chi connectivity index (χ3v) is 4.11. The van der Waals surface area contributed by atoms with Crippen LogP contribution in [0.1, 0.15) is 20.7 Å². The molecule has 1 saturated heterocycles. The van der Waals surface area contributed by atoms with E-state index in [4.69, 9.17) is 5.73 Å². The molecule has 0 radical (unpaired) electrons. The van der Waals surface area contributed by atoms with Crippen LogP contribution in [-0.4, -0.2) is 53.0 Å². The number of aromatic nitrogens is 1. The van der Waals surface area contributed by atoms with Crippen LogP contribution in [0.15, 0.2) is 36.5 Å². The Labute approximate surface area is 143 Å². The highest BCUT2D eigenvalue weighted by Crippen LogP contribution is 2.22.